The van der Waals surface area contributed by atoms with Gasteiger partial charge in [0.25, 0.3) is 0 Å². The lowest BCUT2D eigenvalue weighted by molar-refractivity contribution is -0.136. The van der Waals surface area contributed by atoms with Crippen molar-refractivity contribution in [3.05, 3.63) is 11.4 Å². The Labute approximate surface area is 148 Å². The minimum Gasteiger partial charge on any atom is -0.339 e. The minimum atomic E-state index is -0.190. The Bertz CT molecular complexity index is 677. The average molecular weight is 345 g/mol. The lowest BCUT2D eigenvalue weighted by atomic mass is 9.86. The van der Waals surface area contributed by atoms with E-state index in [-0.39, 0.29) is 17.7 Å². The lowest BCUT2D eigenvalue weighted by Crippen LogP contribution is -2.42. The van der Waals surface area contributed by atoms with Crippen molar-refractivity contribution >= 4 is 11.8 Å². The second-order valence-electron chi connectivity index (χ2n) is 7.98. The number of amides is 2. The number of hydrogen-bond acceptors (Lipinski definition) is 4. The van der Waals surface area contributed by atoms with Gasteiger partial charge in [-0.05, 0) is 31.6 Å². The van der Waals surface area contributed by atoms with Gasteiger partial charge in [-0.15, -0.1) is 5.10 Å². The van der Waals surface area contributed by atoms with E-state index in [2.05, 4.69) is 17.2 Å². The molecule has 0 aromatic carbocycles. The fourth-order valence-electron chi connectivity index (χ4n) is 4.60. The van der Waals surface area contributed by atoms with E-state index in [1.807, 2.05) is 16.8 Å². The number of aryl methyl sites for hydroxylation is 1. The summed E-state index contributed by atoms with van der Waals surface area (Å²) in [5.41, 5.74) is 2.01. The van der Waals surface area contributed by atoms with Gasteiger partial charge in [0.2, 0.25) is 11.8 Å². The summed E-state index contributed by atoms with van der Waals surface area (Å²) in [5.74, 6) is 0.845. The van der Waals surface area contributed by atoms with Crippen LogP contribution >= 0.6 is 0 Å². The third-order valence-electron chi connectivity index (χ3n) is 6.23. The highest BCUT2D eigenvalue weighted by Crippen LogP contribution is 2.32. The van der Waals surface area contributed by atoms with Crippen LogP contribution in [0.15, 0.2) is 0 Å². The van der Waals surface area contributed by atoms with Crippen LogP contribution < -0.4 is 0 Å². The normalized spacial score (nSPS) is 29.8. The standard InChI is InChI=1S/C18H27N5O2/c1-12-3-5-14(6-4-12)23-10-13(9-17(23)24)18(25)22-8-7-16-15(11-22)19-20-21(16)2/h12-14H,3-11H2,1-2H3/t12?,13-,14?/m1/s1. The van der Waals surface area contributed by atoms with Gasteiger partial charge in [0.1, 0.15) is 5.69 Å². The fourth-order valence-corrected chi connectivity index (χ4v) is 4.60. The molecule has 1 saturated carbocycles. The molecule has 0 spiro atoms. The van der Waals surface area contributed by atoms with E-state index in [4.69, 9.17) is 0 Å². The monoisotopic (exact) mass is 345 g/mol. The zero-order valence-corrected chi connectivity index (χ0v) is 15.1. The van der Waals surface area contributed by atoms with Gasteiger partial charge in [-0.2, -0.15) is 0 Å². The van der Waals surface area contributed by atoms with Gasteiger partial charge >= 0.3 is 0 Å². The van der Waals surface area contributed by atoms with Gasteiger partial charge in [-0.3, -0.25) is 14.3 Å². The third-order valence-corrected chi connectivity index (χ3v) is 6.23. The molecule has 4 rings (SSSR count). The van der Waals surface area contributed by atoms with Crippen molar-refractivity contribution in [2.24, 2.45) is 18.9 Å². The maximum Gasteiger partial charge on any atom is 0.228 e. The number of carbonyl (C=O) groups excluding carboxylic acids is 2. The molecule has 136 valence electrons. The topological polar surface area (TPSA) is 71.3 Å². The molecule has 1 saturated heterocycles. The Kier molecular flexibility index (Phi) is 4.25. The number of hydrogen-bond donors (Lipinski definition) is 0. The van der Waals surface area contributed by atoms with Crippen molar-refractivity contribution in [2.75, 3.05) is 13.1 Å². The quantitative estimate of drug-likeness (QED) is 0.805. The van der Waals surface area contributed by atoms with Crippen LogP contribution in [0.1, 0.15) is 50.4 Å². The molecule has 1 aromatic heterocycles. The van der Waals surface area contributed by atoms with Crippen molar-refractivity contribution in [3.63, 3.8) is 0 Å². The summed E-state index contributed by atoms with van der Waals surface area (Å²) in [6.45, 7) is 4.10. The molecule has 2 fully saturated rings. The molecule has 0 bridgehead atoms. The van der Waals surface area contributed by atoms with Crippen LogP contribution in [-0.4, -0.2) is 55.7 Å². The lowest BCUT2D eigenvalue weighted by Gasteiger charge is -2.34. The number of fused-ring (bicyclic) bond motifs is 1. The van der Waals surface area contributed by atoms with Crippen LogP contribution in [0.3, 0.4) is 0 Å². The summed E-state index contributed by atoms with van der Waals surface area (Å²) >= 11 is 0. The summed E-state index contributed by atoms with van der Waals surface area (Å²) in [7, 11) is 1.89. The predicted octanol–water partition coefficient (Wildman–Crippen LogP) is 1.13. The molecule has 2 amide bonds. The molecule has 0 N–H and O–H groups in total. The van der Waals surface area contributed by atoms with Gasteiger partial charge in [-0.1, -0.05) is 12.1 Å². The number of aromatic nitrogens is 3. The van der Waals surface area contributed by atoms with Crippen molar-refractivity contribution in [2.45, 2.75) is 58.0 Å². The van der Waals surface area contributed by atoms with E-state index in [1.165, 1.54) is 12.8 Å². The van der Waals surface area contributed by atoms with Crippen molar-refractivity contribution in [3.8, 4) is 0 Å². The Morgan fingerprint density at radius 1 is 1.20 bits per heavy atom. The maximum absolute atomic E-state index is 12.9. The predicted molar refractivity (Wildman–Crippen MR) is 91.4 cm³/mol. The Hall–Kier alpha value is -1.92. The van der Waals surface area contributed by atoms with Crippen LogP contribution in [0, 0.1) is 11.8 Å². The molecule has 3 aliphatic rings. The summed E-state index contributed by atoms with van der Waals surface area (Å²) in [5, 5.41) is 8.21. The smallest absolute Gasteiger partial charge is 0.228 e. The Morgan fingerprint density at radius 3 is 2.72 bits per heavy atom. The van der Waals surface area contributed by atoms with Gasteiger partial charge in [0.15, 0.2) is 0 Å². The van der Waals surface area contributed by atoms with E-state index in [1.54, 1.807) is 4.68 Å². The molecule has 1 aromatic rings. The molecule has 1 atom stereocenters. The van der Waals surface area contributed by atoms with Crippen LogP contribution in [0.25, 0.3) is 0 Å². The SMILES string of the molecule is CC1CCC(N2C[C@H](C(=O)N3CCc4c(nnn4C)C3)CC2=O)CC1. The molecular weight excluding hydrogens is 318 g/mol. The van der Waals surface area contributed by atoms with Crippen molar-refractivity contribution < 1.29 is 9.59 Å². The molecule has 3 heterocycles. The van der Waals surface area contributed by atoms with E-state index in [0.717, 1.165) is 36.6 Å². The second-order valence-corrected chi connectivity index (χ2v) is 7.98. The van der Waals surface area contributed by atoms with Crippen molar-refractivity contribution in [1.29, 1.82) is 0 Å². The van der Waals surface area contributed by atoms with E-state index < -0.39 is 0 Å². The molecule has 2 aliphatic heterocycles. The largest absolute Gasteiger partial charge is 0.339 e. The molecule has 0 unspecified atom stereocenters. The molecule has 0 radical (unpaired) electrons. The van der Waals surface area contributed by atoms with E-state index in [0.29, 0.717) is 32.1 Å². The number of rotatable bonds is 2. The summed E-state index contributed by atoms with van der Waals surface area (Å²) in [4.78, 5) is 29.3. The highest BCUT2D eigenvalue weighted by atomic mass is 16.2. The van der Waals surface area contributed by atoms with E-state index >= 15 is 0 Å². The highest BCUT2D eigenvalue weighted by molar-refractivity contribution is 5.89. The fraction of sp³-hybridized carbons (Fsp3) is 0.778. The molecule has 1 aliphatic carbocycles. The minimum absolute atomic E-state index is 0.108. The third kappa shape index (κ3) is 3.04. The average Bonchev–Trinajstić information content (AvgIpc) is 3.18. The zero-order chi connectivity index (χ0) is 17.6. The first kappa shape index (κ1) is 16.5. The van der Waals surface area contributed by atoms with Crippen molar-refractivity contribution in [1.82, 2.24) is 24.8 Å². The summed E-state index contributed by atoms with van der Waals surface area (Å²) in [6, 6.07) is 0.342. The van der Waals surface area contributed by atoms with Crippen LogP contribution in [0.5, 0.6) is 0 Å². The maximum atomic E-state index is 12.9. The first-order chi connectivity index (χ1) is 12.0. The summed E-state index contributed by atoms with van der Waals surface area (Å²) in [6.07, 6.45) is 5.70. The van der Waals surface area contributed by atoms with Gasteiger partial charge in [-0.25, -0.2) is 0 Å². The Morgan fingerprint density at radius 2 is 1.96 bits per heavy atom. The van der Waals surface area contributed by atoms with Gasteiger partial charge in [0, 0.05) is 39.0 Å². The molecule has 25 heavy (non-hydrogen) atoms. The first-order valence-corrected chi connectivity index (χ1v) is 9.48. The number of likely N-dealkylation sites (tertiary alicyclic amines) is 1. The van der Waals surface area contributed by atoms with Gasteiger partial charge in [0.05, 0.1) is 18.2 Å². The molecule has 7 nitrogen and oxygen atoms in total. The number of carbonyl (C=O) groups is 2. The molecule has 7 heteroatoms. The summed E-state index contributed by atoms with van der Waals surface area (Å²) < 4.78 is 1.79. The van der Waals surface area contributed by atoms with Gasteiger partial charge < -0.3 is 9.80 Å². The second kappa shape index (κ2) is 6.42. The van der Waals surface area contributed by atoms with E-state index in [9.17, 15) is 9.59 Å². The zero-order valence-electron chi connectivity index (χ0n) is 15.1. The Balaban J connectivity index is 1.39. The van der Waals surface area contributed by atoms with Crippen LogP contribution in [-0.2, 0) is 29.6 Å². The van der Waals surface area contributed by atoms with Crippen LogP contribution in [0.2, 0.25) is 0 Å². The highest BCUT2D eigenvalue weighted by Gasteiger charge is 2.40. The first-order valence-electron chi connectivity index (χ1n) is 9.48. The molecular formula is C18H27N5O2. The number of nitrogens with zero attached hydrogens (tertiary/aromatic N) is 5. The van der Waals surface area contributed by atoms with Crippen LogP contribution in [0.4, 0.5) is 0 Å².